The number of thioether (sulfide) groups is 2. The summed E-state index contributed by atoms with van der Waals surface area (Å²) in [7, 11) is 0. The van der Waals surface area contributed by atoms with Gasteiger partial charge in [-0.05, 0) is 68.6 Å². The van der Waals surface area contributed by atoms with Crippen molar-refractivity contribution in [3.63, 3.8) is 0 Å². The fourth-order valence-corrected chi connectivity index (χ4v) is 11.1. The van der Waals surface area contributed by atoms with E-state index in [9.17, 15) is 0 Å². The Morgan fingerprint density at radius 1 is 0.923 bits per heavy atom. The molecule has 0 amide bonds. The van der Waals surface area contributed by atoms with Crippen LogP contribution in [0.2, 0.25) is 0 Å². The van der Waals surface area contributed by atoms with Crippen LogP contribution < -0.4 is 0 Å². The van der Waals surface area contributed by atoms with Gasteiger partial charge in [0.25, 0.3) is 0 Å². The Morgan fingerprint density at radius 2 is 1.73 bits per heavy atom. The molecule has 0 aromatic rings. The average molecular weight is 393 g/mol. The number of ether oxygens (including phenoxy) is 2. The molecule has 2 heterocycles. The first-order valence-electron chi connectivity index (χ1n) is 10.9. The molecule has 0 radical (unpaired) electrons. The lowest BCUT2D eigenvalue weighted by Gasteiger charge is -2.56. The maximum absolute atomic E-state index is 6.28. The first-order chi connectivity index (χ1) is 12.6. The van der Waals surface area contributed by atoms with Crippen molar-refractivity contribution in [2.75, 3.05) is 24.7 Å². The Balaban J connectivity index is 1.28. The topological polar surface area (TPSA) is 18.5 Å². The highest BCUT2D eigenvalue weighted by molar-refractivity contribution is 8.21. The molecule has 2 saturated heterocycles. The fraction of sp³-hybridized carbons (Fsp3) is 0.909. The smallest absolute Gasteiger partial charge is 0.174 e. The lowest BCUT2D eigenvalue weighted by molar-refractivity contribution is -0.240. The van der Waals surface area contributed by atoms with Gasteiger partial charge in [0, 0.05) is 23.3 Å². The van der Waals surface area contributed by atoms with Crippen molar-refractivity contribution in [2.45, 2.75) is 68.2 Å². The lowest BCUT2D eigenvalue weighted by atomic mass is 9.51. The monoisotopic (exact) mass is 392 g/mol. The van der Waals surface area contributed by atoms with Gasteiger partial charge in [0.2, 0.25) is 0 Å². The molecule has 5 atom stereocenters. The number of rotatable bonds is 0. The van der Waals surface area contributed by atoms with Crippen molar-refractivity contribution in [3.8, 4) is 0 Å². The Kier molecular flexibility index (Phi) is 3.93. The van der Waals surface area contributed by atoms with Crippen LogP contribution >= 0.6 is 23.5 Å². The van der Waals surface area contributed by atoms with E-state index in [4.69, 9.17) is 9.47 Å². The summed E-state index contributed by atoms with van der Waals surface area (Å²) in [5, 5.41) is 0. The van der Waals surface area contributed by atoms with Crippen LogP contribution in [-0.4, -0.2) is 34.6 Å². The summed E-state index contributed by atoms with van der Waals surface area (Å²) in [5.41, 5.74) is 2.11. The molecule has 26 heavy (non-hydrogen) atoms. The van der Waals surface area contributed by atoms with Crippen LogP contribution in [0.15, 0.2) is 11.6 Å². The van der Waals surface area contributed by atoms with Gasteiger partial charge in [-0.15, -0.1) is 23.5 Å². The highest BCUT2D eigenvalue weighted by Gasteiger charge is 2.65. The first kappa shape index (κ1) is 17.2. The number of hydrogen-bond donors (Lipinski definition) is 0. The van der Waals surface area contributed by atoms with Gasteiger partial charge in [-0.1, -0.05) is 18.6 Å². The molecule has 6 rings (SSSR count). The Bertz CT molecular complexity index is 620. The molecule has 0 aromatic carbocycles. The highest BCUT2D eigenvalue weighted by Crippen LogP contribution is 2.67. The minimum absolute atomic E-state index is 0.230. The quantitative estimate of drug-likeness (QED) is 0.508. The zero-order valence-corrected chi connectivity index (χ0v) is 17.6. The summed E-state index contributed by atoms with van der Waals surface area (Å²) in [4.78, 5) is 0. The minimum Gasteiger partial charge on any atom is -0.347 e. The molecule has 144 valence electrons. The largest absolute Gasteiger partial charge is 0.347 e. The molecule has 3 saturated carbocycles. The van der Waals surface area contributed by atoms with Gasteiger partial charge in [-0.3, -0.25) is 0 Å². The van der Waals surface area contributed by atoms with Crippen molar-refractivity contribution in [2.24, 2.45) is 29.1 Å². The molecule has 2 nitrogen and oxygen atoms in total. The van der Waals surface area contributed by atoms with E-state index >= 15 is 0 Å². The molecule has 0 bridgehead atoms. The van der Waals surface area contributed by atoms with Gasteiger partial charge in [0.15, 0.2) is 5.79 Å². The summed E-state index contributed by atoms with van der Waals surface area (Å²) < 4.78 is 13.0. The Hall–Kier alpha value is 0.360. The van der Waals surface area contributed by atoms with E-state index in [0.717, 1.165) is 43.3 Å². The number of hydrogen-bond acceptors (Lipinski definition) is 4. The minimum atomic E-state index is -0.230. The van der Waals surface area contributed by atoms with Crippen LogP contribution in [0.1, 0.15) is 58.3 Å². The van der Waals surface area contributed by atoms with E-state index < -0.39 is 0 Å². The van der Waals surface area contributed by atoms with Gasteiger partial charge >= 0.3 is 0 Å². The van der Waals surface area contributed by atoms with E-state index in [1.807, 2.05) is 5.57 Å². The van der Waals surface area contributed by atoms with Crippen LogP contribution in [0.4, 0.5) is 0 Å². The van der Waals surface area contributed by atoms with Crippen LogP contribution in [0.3, 0.4) is 0 Å². The molecule has 2 spiro atoms. The molecular formula is C22H32O2S2. The summed E-state index contributed by atoms with van der Waals surface area (Å²) in [5.74, 6) is 6.06. The molecule has 0 aromatic heterocycles. The van der Waals surface area contributed by atoms with E-state index in [1.165, 1.54) is 56.5 Å². The van der Waals surface area contributed by atoms with Gasteiger partial charge in [-0.2, -0.15) is 0 Å². The lowest BCUT2D eigenvalue weighted by Crippen LogP contribution is -2.53. The summed E-state index contributed by atoms with van der Waals surface area (Å²) >= 11 is 4.46. The molecule has 4 heteroatoms. The second-order valence-corrected chi connectivity index (χ2v) is 12.9. The zero-order valence-electron chi connectivity index (χ0n) is 16.0. The van der Waals surface area contributed by atoms with Crippen LogP contribution in [-0.2, 0) is 9.47 Å². The van der Waals surface area contributed by atoms with E-state index in [2.05, 4.69) is 36.5 Å². The molecule has 5 fully saturated rings. The summed E-state index contributed by atoms with van der Waals surface area (Å²) in [6.45, 7) is 4.13. The Morgan fingerprint density at radius 3 is 2.54 bits per heavy atom. The molecule has 0 N–H and O–H groups in total. The van der Waals surface area contributed by atoms with Crippen molar-refractivity contribution in [3.05, 3.63) is 11.6 Å². The van der Waals surface area contributed by atoms with Gasteiger partial charge in [-0.25, -0.2) is 0 Å². The van der Waals surface area contributed by atoms with Crippen LogP contribution in [0.25, 0.3) is 0 Å². The highest BCUT2D eigenvalue weighted by atomic mass is 32.2. The molecule has 0 unspecified atom stereocenters. The van der Waals surface area contributed by atoms with E-state index in [1.54, 1.807) is 0 Å². The van der Waals surface area contributed by atoms with Crippen LogP contribution in [0.5, 0.6) is 0 Å². The Labute approximate surface area is 166 Å². The normalized spacial score (nSPS) is 48.3. The standard InChI is InChI=1S/C22H32O2S2/c1-20-7-4-17-16-5-8-21(25-12-13-26-21)14-15(16)2-3-18(17)19(20)6-9-22(20)23-10-11-24-22/h14,16-19H,2-13H2,1H3/t16-,17+,18+,19-,20-/m0/s1. The maximum Gasteiger partial charge on any atom is 0.174 e. The molecule has 2 aliphatic heterocycles. The maximum atomic E-state index is 6.28. The van der Waals surface area contributed by atoms with Gasteiger partial charge in [0.05, 0.1) is 17.3 Å². The second kappa shape index (κ2) is 5.93. The number of fused-ring (bicyclic) bond motifs is 6. The predicted octanol–water partition coefficient (Wildman–Crippen LogP) is 5.48. The third-order valence-corrected chi connectivity index (χ3v) is 12.4. The summed E-state index contributed by atoms with van der Waals surface area (Å²) in [6, 6.07) is 0. The summed E-state index contributed by atoms with van der Waals surface area (Å²) in [6.07, 6.45) is 13.6. The second-order valence-electron chi connectivity index (χ2n) is 9.79. The first-order valence-corrected chi connectivity index (χ1v) is 12.9. The third kappa shape index (κ3) is 2.22. The van der Waals surface area contributed by atoms with Crippen LogP contribution in [0, 0.1) is 29.1 Å². The van der Waals surface area contributed by atoms with Crippen molar-refractivity contribution >= 4 is 23.5 Å². The van der Waals surface area contributed by atoms with Crippen molar-refractivity contribution in [1.29, 1.82) is 0 Å². The van der Waals surface area contributed by atoms with E-state index in [-0.39, 0.29) is 11.2 Å². The fourth-order valence-electron chi connectivity index (χ4n) is 7.90. The third-order valence-electron chi connectivity index (χ3n) is 9.04. The van der Waals surface area contributed by atoms with Gasteiger partial charge < -0.3 is 9.47 Å². The van der Waals surface area contributed by atoms with Crippen molar-refractivity contribution in [1.82, 2.24) is 0 Å². The zero-order chi connectivity index (χ0) is 17.4. The van der Waals surface area contributed by atoms with Gasteiger partial charge in [0.1, 0.15) is 0 Å². The molecule has 6 aliphatic rings. The van der Waals surface area contributed by atoms with Crippen molar-refractivity contribution < 1.29 is 9.47 Å². The average Bonchev–Trinajstić information content (AvgIpc) is 3.37. The predicted molar refractivity (Wildman–Crippen MR) is 109 cm³/mol. The molecular weight excluding hydrogens is 360 g/mol. The molecule has 4 aliphatic carbocycles. The number of allylic oxidation sites excluding steroid dienone is 1. The SMILES string of the molecule is C[C@]12CC[C@H]3[C@@H](CCC4=CC5(CC[C@@H]43)SCCS5)[C@@H]1CCC21OCCO1. The van der Waals surface area contributed by atoms with E-state index in [0.29, 0.717) is 4.08 Å².